The Balaban J connectivity index is 2.50. The molecule has 19 heavy (non-hydrogen) atoms. The molecule has 1 aromatic carbocycles. The number of ether oxygens (including phenoxy) is 1. The molecule has 1 atom stereocenters. The Morgan fingerprint density at radius 3 is 2.84 bits per heavy atom. The summed E-state index contributed by atoms with van der Waals surface area (Å²) in [7, 11) is 3.58. The monoisotopic (exact) mass is 279 g/mol. The SMILES string of the molecule is CCn1nccc1C(NC)c1cc(Cl)ccc1OC. The van der Waals surface area contributed by atoms with Crippen molar-refractivity contribution in [1.29, 1.82) is 0 Å². The Bertz CT molecular complexity index is 553. The smallest absolute Gasteiger partial charge is 0.124 e. The second-order valence-corrected chi connectivity index (χ2v) is 4.62. The fourth-order valence-corrected chi connectivity index (χ4v) is 2.43. The molecule has 1 N–H and O–H groups in total. The number of hydrogen-bond acceptors (Lipinski definition) is 3. The van der Waals surface area contributed by atoms with E-state index in [9.17, 15) is 0 Å². The number of nitrogens with one attached hydrogen (secondary N) is 1. The minimum Gasteiger partial charge on any atom is -0.496 e. The Hall–Kier alpha value is -1.52. The quantitative estimate of drug-likeness (QED) is 0.915. The zero-order valence-corrected chi connectivity index (χ0v) is 12.1. The van der Waals surface area contributed by atoms with Crippen molar-refractivity contribution in [3.05, 3.63) is 46.7 Å². The van der Waals surface area contributed by atoms with E-state index in [0.29, 0.717) is 5.02 Å². The van der Waals surface area contributed by atoms with Crippen molar-refractivity contribution in [1.82, 2.24) is 15.1 Å². The molecule has 0 radical (unpaired) electrons. The predicted molar refractivity (Wildman–Crippen MR) is 76.8 cm³/mol. The summed E-state index contributed by atoms with van der Waals surface area (Å²) in [6.45, 7) is 2.89. The maximum absolute atomic E-state index is 6.10. The number of aryl methyl sites for hydroxylation is 1. The van der Waals surface area contributed by atoms with Gasteiger partial charge in [0.05, 0.1) is 18.8 Å². The molecule has 0 bridgehead atoms. The molecule has 2 aromatic rings. The van der Waals surface area contributed by atoms with E-state index in [4.69, 9.17) is 16.3 Å². The summed E-state index contributed by atoms with van der Waals surface area (Å²) in [6.07, 6.45) is 1.81. The van der Waals surface area contributed by atoms with Gasteiger partial charge in [-0.2, -0.15) is 5.10 Å². The zero-order valence-electron chi connectivity index (χ0n) is 11.4. The summed E-state index contributed by atoms with van der Waals surface area (Å²) in [4.78, 5) is 0. The van der Waals surface area contributed by atoms with Crippen LogP contribution in [0.15, 0.2) is 30.5 Å². The molecule has 1 heterocycles. The maximum Gasteiger partial charge on any atom is 0.124 e. The van der Waals surface area contributed by atoms with Crippen LogP contribution in [-0.4, -0.2) is 23.9 Å². The van der Waals surface area contributed by atoms with Gasteiger partial charge in [-0.15, -0.1) is 0 Å². The average Bonchev–Trinajstić information content (AvgIpc) is 2.88. The summed E-state index contributed by atoms with van der Waals surface area (Å²) in [5.74, 6) is 0.813. The maximum atomic E-state index is 6.10. The van der Waals surface area contributed by atoms with Crippen LogP contribution in [0.1, 0.15) is 24.2 Å². The van der Waals surface area contributed by atoms with E-state index in [2.05, 4.69) is 17.3 Å². The number of halogens is 1. The van der Waals surface area contributed by atoms with Crippen molar-refractivity contribution in [3.8, 4) is 5.75 Å². The van der Waals surface area contributed by atoms with Gasteiger partial charge in [0.25, 0.3) is 0 Å². The Morgan fingerprint density at radius 2 is 2.21 bits per heavy atom. The highest BCUT2D eigenvalue weighted by Gasteiger charge is 2.20. The fraction of sp³-hybridized carbons (Fsp3) is 0.357. The number of aromatic nitrogens is 2. The van der Waals surface area contributed by atoms with E-state index in [1.807, 2.05) is 36.0 Å². The minimum atomic E-state index is -0.00361. The summed E-state index contributed by atoms with van der Waals surface area (Å²) >= 11 is 6.10. The first-order chi connectivity index (χ1) is 9.21. The van der Waals surface area contributed by atoms with Crippen LogP contribution in [0.2, 0.25) is 5.02 Å². The number of nitrogens with zero attached hydrogens (tertiary/aromatic N) is 2. The Kier molecular flexibility index (Phi) is 4.45. The van der Waals surface area contributed by atoms with E-state index in [-0.39, 0.29) is 6.04 Å². The summed E-state index contributed by atoms with van der Waals surface area (Å²) < 4.78 is 7.39. The topological polar surface area (TPSA) is 39.1 Å². The molecular formula is C14H18ClN3O. The van der Waals surface area contributed by atoms with E-state index < -0.39 is 0 Å². The predicted octanol–water partition coefficient (Wildman–Crippen LogP) is 2.87. The lowest BCUT2D eigenvalue weighted by atomic mass is 10.0. The number of rotatable bonds is 5. The van der Waals surface area contributed by atoms with Gasteiger partial charge >= 0.3 is 0 Å². The van der Waals surface area contributed by atoms with Crippen molar-refractivity contribution in [2.75, 3.05) is 14.2 Å². The third-order valence-electron chi connectivity index (χ3n) is 3.14. The number of methoxy groups -OCH3 is 1. The first kappa shape index (κ1) is 13.9. The molecule has 102 valence electrons. The molecule has 4 nitrogen and oxygen atoms in total. The van der Waals surface area contributed by atoms with Crippen molar-refractivity contribution >= 4 is 11.6 Å². The molecule has 0 aliphatic carbocycles. The zero-order chi connectivity index (χ0) is 13.8. The van der Waals surface area contributed by atoms with Gasteiger partial charge in [0.15, 0.2) is 0 Å². The third-order valence-corrected chi connectivity index (χ3v) is 3.37. The lowest BCUT2D eigenvalue weighted by Crippen LogP contribution is -2.22. The van der Waals surface area contributed by atoms with Gasteiger partial charge in [-0.05, 0) is 38.2 Å². The first-order valence-corrected chi connectivity index (χ1v) is 6.61. The second kappa shape index (κ2) is 6.08. The minimum absolute atomic E-state index is 0.00361. The van der Waals surface area contributed by atoms with Crippen LogP contribution in [0.3, 0.4) is 0 Å². The number of hydrogen-bond donors (Lipinski definition) is 1. The van der Waals surface area contributed by atoms with Gasteiger partial charge in [0.2, 0.25) is 0 Å². The van der Waals surface area contributed by atoms with Crippen LogP contribution in [0.5, 0.6) is 5.75 Å². The van der Waals surface area contributed by atoms with Gasteiger partial charge in [0, 0.05) is 23.3 Å². The second-order valence-electron chi connectivity index (χ2n) is 4.18. The summed E-state index contributed by atoms with van der Waals surface area (Å²) in [5.41, 5.74) is 2.10. The van der Waals surface area contributed by atoms with Crippen LogP contribution >= 0.6 is 11.6 Å². The Morgan fingerprint density at radius 1 is 1.42 bits per heavy atom. The van der Waals surface area contributed by atoms with E-state index in [1.54, 1.807) is 13.3 Å². The molecule has 0 amide bonds. The van der Waals surface area contributed by atoms with E-state index in [0.717, 1.165) is 23.6 Å². The molecule has 0 saturated heterocycles. The number of benzene rings is 1. The third kappa shape index (κ3) is 2.74. The molecule has 0 aliphatic rings. The molecule has 0 aliphatic heterocycles. The highest BCUT2D eigenvalue weighted by atomic mass is 35.5. The molecule has 1 unspecified atom stereocenters. The van der Waals surface area contributed by atoms with Gasteiger partial charge in [0.1, 0.15) is 5.75 Å². The first-order valence-electron chi connectivity index (χ1n) is 6.23. The van der Waals surface area contributed by atoms with Crippen molar-refractivity contribution in [2.24, 2.45) is 0 Å². The van der Waals surface area contributed by atoms with E-state index >= 15 is 0 Å². The van der Waals surface area contributed by atoms with Crippen LogP contribution in [0, 0.1) is 0 Å². The molecular weight excluding hydrogens is 262 g/mol. The highest BCUT2D eigenvalue weighted by Crippen LogP contribution is 2.32. The average molecular weight is 280 g/mol. The molecule has 5 heteroatoms. The summed E-state index contributed by atoms with van der Waals surface area (Å²) in [6, 6.07) is 7.64. The molecule has 0 spiro atoms. The molecule has 2 rings (SSSR count). The van der Waals surface area contributed by atoms with Crippen molar-refractivity contribution in [3.63, 3.8) is 0 Å². The molecule has 1 aromatic heterocycles. The van der Waals surface area contributed by atoms with Crippen LogP contribution in [0.25, 0.3) is 0 Å². The highest BCUT2D eigenvalue weighted by molar-refractivity contribution is 6.30. The van der Waals surface area contributed by atoms with Crippen LogP contribution in [-0.2, 0) is 6.54 Å². The lowest BCUT2D eigenvalue weighted by Gasteiger charge is -2.20. The van der Waals surface area contributed by atoms with Crippen LogP contribution < -0.4 is 10.1 Å². The van der Waals surface area contributed by atoms with Gasteiger partial charge in [-0.1, -0.05) is 11.6 Å². The fourth-order valence-electron chi connectivity index (χ4n) is 2.25. The molecule has 0 fully saturated rings. The van der Waals surface area contributed by atoms with Gasteiger partial charge in [-0.3, -0.25) is 4.68 Å². The Labute approximate surface area is 118 Å². The normalized spacial score (nSPS) is 12.4. The van der Waals surface area contributed by atoms with Crippen molar-refractivity contribution in [2.45, 2.75) is 19.5 Å². The van der Waals surface area contributed by atoms with Crippen LogP contribution in [0.4, 0.5) is 0 Å². The van der Waals surface area contributed by atoms with Gasteiger partial charge < -0.3 is 10.1 Å². The van der Waals surface area contributed by atoms with Crippen molar-refractivity contribution < 1.29 is 4.74 Å². The molecule has 0 saturated carbocycles. The standard InChI is InChI=1S/C14H18ClN3O/c1-4-18-12(7-8-17-18)14(16-2)11-9-10(15)5-6-13(11)19-3/h5-9,14,16H,4H2,1-3H3. The van der Waals surface area contributed by atoms with E-state index in [1.165, 1.54) is 0 Å². The van der Waals surface area contributed by atoms with Gasteiger partial charge in [-0.25, -0.2) is 0 Å². The lowest BCUT2D eigenvalue weighted by molar-refractivity contribution is 0.403. The largest absolute Gasteiger partial charge is 0.496 e. The summed E-state index contributed by atoms with van der Waals surface area (Å²) in [5, 5.41) is 8.30.